The number of rotatable bonds is 3. The molecule has 3 aliphatic carbocycles. The van der Waals surface area contributed by atoms with Crippen LogP contribution in [0, 0.1) is 35.0 Å². The molecule has 10 rings (SSSR count). The van der Waals surface area contributed by atoms with E-state index in [1.165, 1.54) is 50.0 Å². The first-order chi connectivity index (χ1) is 23.3. The summed E-state index contributed by atoms with van der Waals surface area (Å²) in [4.78, 5) is 2.48. The van der Waals surface area contributed by atoms with E-state index in [1.807, 2.05) is 12.1 Å². The fourth-order valence-electron chi connectivity index (χ4n) is 10.7. The molecule has 3 aliphatic heterocycles. The molecule has 3 heterocycles. The first-order valence-corrected chi connectivity index (χ1v) is 18.0. The maximum absolute atomic E-state index is 6.52. The minimum atomic E-state index is 0.0808. The Kier molecular flexibility index (Phi) is 5.85. The van der Waals surface area contributed by atoms with E-state index >= 15 is 0 Å². The number of nitrogen functional groups attached to an aromatic ring is 1. The predicted octanol–water partition coefficient (Wildman–Crippen LogP) is 8.76. The highest BCUT2D eigenvalue weighted by molar-refractivity contribution is 5.89. The van der Waals surface area contributed by atoms with E-state index < -0.39 is 0 Å². The van der Waals surface area contributed by atoms with Crippen LogP contribution in [0.25, 0.3) is 16.3 Å². The van der Waals surface area contributed by atoms with E-state index in [4.69, 9.17) is 5.73 Å². The van der Waals surface area contributed by atoms with Crippen molar-refractivity contribution in [2.45, 2.75) is 52.4 Å². The Balaban J connectivity index is 1.06. The topological polar surface area (TPSA) is 53.1 Å². The van der Waals surface area contributed by atoms with Gasteiger partial charge in [-0.15, -0.1) is 0 Å². The molecule has 4 N–H and O–H groups in total. The Bertz CT molecular complexity index is 2150. The highest BCUT2D eigenvalue weighted by Gasteiger charge is 2.60. The van der Waals surface area contributed by atoms with Crippen molar-refractivity contribution in [1.82, 2.24) is 10.6 Å². The third-order valence-electron chi connectivity index (χ3n) is 13.3. The van der Waals surface area contributed by atoms with Crippen LogP contribution in [0.5, 0.6) is 0 Å². The number of allylic oxidation sites excluding steroid dienone is 4. The Morgan fingerprint density at radius 2 is 1.58 bits per heavy atom. The van der Waals surface area contributed by atoms with E-state index in [-0.39, 0.29) is 11.6 Å². The van der Waals surface area contributed by atoms with Gasteiger partial charge in [0.05, 0.1) is 23.5 Å². The normalized spacial score (nSPS) is 34.1. The SMILES string of the molecule is CC1C(c2ccc3ccccc3c2)=C2N[C@H]3C(C2=CC1C1C=CC2=C(C1C)C1(C)C(C)Cc4ccccc4C1N2)N3c1ccccc1N. The van der Waals surface area contributed by atoms with Gasteiger partial charge >= 0.3 is 0 Å². The fraction of sp³-hybridized carbons (Fsp3) is 0.318. The third kappa shape index (κ3) is 3.72. The fourth-order valence-corrected chi connectivity index (χ4v) is 10.7. The number of fused-ring (bicyclic) bond motifs is 8. The molecule has 4 aromatic rings. The summed E-state index contributed by atoms with van der Waals surface area (Å²) in [6.45, 7) is 10.0. The second-order valence-corrected chi connectivity index (χ2v) is 15.6. The van der Waals surface area contributed by atoms with E-state index in [0.717, 1.165) is 17.8 Å². The Hall–Kier alpha value is -4.70. The van der Waals surface area contributed by atoms with Crippen molar-refractivity contribution in [3.05, 3.63) is 148 Å². The van der Waals surface area contributed by atoms with Crippen molar-refractivity contribution < 1.29 is 0 Å². The molecule has 0 saturated carbocycles. The maximum Gasteiger partial charge on any atom is 0.125 e. The summed E-state index contributed by atoms with van der Waals surface area (Å²) in [5.41, 5.74) is 20.2. The van der Waals surface area contributed by atoms with Gasteiger partial charge in [-0.1, -0.05) is 113 Å². The molecule has 4 heteroatoms. The largest absolute Gasteiger partial charge is 0.397 e. The van der Waals surface area contributed by atoms with Gasteiger partial charge in [-0.05, 0) is 104 Å². The van der Waals surface area contributed by atoms with Gasteiger partial charge in [-0.3, -0.25) is 0 Å². The van der Waals surface area contributed by atoms with Gasteiger partial charge in [-0.2, -0.15) is 0 Å². The number of anilines is 2. The molecule has 2 saturated heterocycles. The molecule has 0 amide bonds. The average Bonchev–Trinajstić information content (AvgIpc) is 3.51. The van der Waals surface area contributed by atoms with Crippen LogP contribution in [0.15, 0.2) is 132 Å². The van der Waals surface area contributed by atoms with Crippen LogP contribution >= 0.6 is 0 Å². The lowest BCUT2D eigenvalue weighted by Crippen LogP contribution is -2.42. The van der Waals surface area contributed by atoms with Crippen molar-refractivity contribution in [3.63, 3.8) is 0 Å². The van der Waals surface area contributed by atoms with E-state index in [1.54, 1.807) is 5.57 Å². The van der Waals surface area contributed by atoms with Crippen LogP contribution in [0.2, 0.25) is 0 Å². The van der Waals surface area contributed by atoms with Gasteiger partial charge in [-0.25, -0.2) is 0 Å². The summed E-state index contributed by atoms with van der Waals surface area (Å²) in [7, 11) is 0. The lowest BCUT2D eigenvalue weighted by molar-refractivity contribution is 0.161. The molecule has 4 aromatic carbocycles. The zero-order valence-electron chi connectivity index (χ0n) is 28.2. The lowest BCUT2D eigenvalue weighted by atomic mass is 9.56. The summed E-state index contributed by atoms with van der Waals surface area (Å²) in [5, 5.41) is 10.7. The first-order valence-electron chi connectivity index (χ1n) is 18.0. The quantitative estimate of drug-likeness (QED) is 0.157. The number of nitrogens with two attached hydrogens (primary N) is 1. The van der Waals surface area contributed by atoms with E-state index in [9.17, 15) is 0 Å². The summed E-state index contributed by atoms with van der Waals surface area (Å²) < 4.78 is 0. The summed E-state index contributed by atoms with van der Waals surface area (Å²) in [6, 6.07) is 33.9. The van der Waals surface area contributed by atoms with Gasteiger partial charge in [0.15, 0.2) is 0 Å². The summed E-state index contributed by atoms with van der Waals surface area (Å²) in [6.07, 6.45) is 9.04. The Labute approximate surface area is 284 Å². The number of nitrogens with zero attached hydrogens (tertiary/aromatic N) is 1. The van der Waals surface area contributed by atoms with Crippen LogP contribution in [0.4, 0.5) is 11.4 Å². The molecule has 8 unspecified atom stereocenters. The number of hydrogen-bond donors (Lipinski definition) is 3. The molecule has 9 atom stereocenters. The minimum absolute atomic E-state index is 0.0808. The molecule has 6 aliphatic rings. The second-order valence-electron chi connectivity index (χ2n) is 15.6. The molecular weight excluding hydrogens is 585 g/mol. The number of hydrogen-bond acceptors (Lipinski definition) is 4. The van der Waals surface area contributed by atoms with Crippen molar-refractivity contribution in [1.29, 1.82) is 0 Å². The monoisotopic (exact) mass is 628 g/mol. The van der Waals surface area contributed by atoms with Crippen molar-refractivity contribution in [3.8, 4) is 0 Å². The zero-order chi connectivity index (χ0) is 32.5. The Morgan fingerprint density at radius 3 is 2.44 bits per heavy atom. The zero-order valence-corrected chi connectivity index (χ0v) is 28.2. The Morgan fingerprint density at radius 1 is 0.812 bits per heavy atom. The number of benzene rings is 4. The molecule has 48 heavy (non-hydrogen) atoms. The van der Waals surface area contributed by atoms with Gasteiger partial charge in [0, 0.05) is 16.8 Å². The maximum atomic E-state index is 6.52. The second kappa shape index (κ2) is 9.92. The molecule has 240 valence electrons. The van der Waals surface area contributed by atoms with Gasteiger partial charge in [0.25, 0.3) is 0 Å². The minimum Gasteiger partial charge on any atom is -0.397 e. The standard InChI is InChI=1S/C44H44N4/c1-24-21-29-13-7-8-14-32(29)42-44(24,4)39-26(3)31(19-20-36(39)46-42)33-23-34-40(47-43-41(34)48(43)37-16-10-9-15-35(37)45)38(25(33)2)30-18-17-27-11-5-6-12-28(27)22-30/h5-20,22-26,31,33,41-43,46-47H,21,45H2,1-4H3/t24?,25?,26?,31?,33?,41?,42?,43-,44?,48?/m1/s1. The molecule has 2 fully saturated rings. The van der Waals surface area contributed by atoms with Crippen LogP contribution in [-0.2, 0) is 6.42 Å². The highest BCUT2D eigenvalue weighted by Crippen LogP contribution is 2.62. The van der Waals surface area contributed by atoms with Crippen molar-refractivity contribution in [2.24, 2.45) is 35.0 Å². The highest BCUT2D eigenvalue weighted by atomic mass is 15.5. The van der Waals surface area contributed by atoms with Crippen LogP contribution in [0.3, 0.4) is 0 Å². The van der Waals surface area contributed by atoms with Crippen molar-refractivity contribution in [2.75, 3.05) is 10.6 Å². The van der Waals surface area contributed by atoms with Crippen LogP contribution in [0.1, 0.15) is 50.4 Å². The third-order valence-corrected chi connectivity index (χ3v) is 13.3. The van der Waals surface area contributed by atoms with Crippen LogP contribution in [-0.4, -0.2) is 12.2 Å². The molecule has 0 aromatic heterocycles. The molecule has 0 bridgehead atoms. The lowest BCUT2D eigenvalue weighted by Gasteiger charge is -2.48. The van der Waals surface area contributed by atoms with E-state index in [0.29, 0.717) is 41.7 Å². The molecular formula is C44H44N4. The van der Waals surface area contributed by atoms with Gasteiger partial charge in [0.1, 0.15) is 6.17 Å². The average molecular weight is 629 g/mol. The predicted molar refractivity (Wildman–Crippen MR) is 198 cm³/mol. The van der Waals surface area contributed by atoms with Crippen molar-refractivity contribution >= 4 is 27.7 Å². The summed E-state index contributed by atoms with van der Waals surface area (Å²) in [5.74, 6) is 2.11. The van der Waals surface area contributed by atoms with E-state index in [2.05, 4.69) is 140 Å². The van der Waals surface area contributed by atoms with Gasteiger partial charge < -0.3 is 21.3 Å². The molecule has 0 radical (unpaired) electrons. The van der Waals surface area contributed by atoms with Gasteiger partial charge in [0.2, 0.25) is 0 Å². The molecule has 0 spiro atoms. The number of nitrogens with one attached hydrogen (secondary N) is 2. The number of para-hydroxylation sites is 2. The van der Waals surface area contributed by atoms with Crippen LogP contribution < -0.4 is 21.3 Å². The first kappa shape index (κ1) is 28.3. The smallest absolute Gasteiger partial charge is 0.125 e. The molecule has 4 nitrogen and oxygen atoms in total. The summed E-state index contributed by atoms with van der Waals surface area (Å²) >= 11 is 0.